The minimum Gasteiger partial charge on any atom is -0.497 e. The maximum Gasteiger partial charge on any atom is 0.343 e. The van der Waals surface area contributed by atoms with Gasteiger partial charge < -0.3 is 19.5 Å². The third-order valence-corrected chi connectivity index (χ3v) is 5.88. The van der Waals surface area contributed by atoms with E-state index in [1.807, 2.05) is 60.7 Å². The van der Waals surface area contributed by atoms with Crippen LogP contribution in [0.25, 0.3) is 0 Å². The van der Waals surface area contributed by atoms with E-state index >= 15 is 0 Å². The number of carbonyl (C=O) groups is 2. The minimum atomic E-state index is -0.432. The van der Waals surface area contributed by atoms with Crippen LogP contribution in [0.5, 0.6) is 11.5 Å². The molecule has 1 atom stereocenters. The van der Waals surface area contributed by atoms with E-state index in [1.165, 1.54) is 7.11 Å². The molecule has 0 spiro atoms. The molecule has 3 aromatic rings. The fourth-order valence-corrected chi connectivity index (χ4v) is 4.05. The van der Waals surface area contributed by atoms with Gasteiger partial charge in [0, 0.05) is 18.8 Å². The summed E-state index contributed by atoms with van der Waals surface area (Å²) in [4.78, 5) is 26.9. The molecule has 7 heteroatoms. The quantitative estimate of drug-likeness (QED) is 0.515. The Morgan fingerprint density at radius 2 is 1.68 bits per heavy atom. The van der Waals surface area contributed by atoms with Crippen LogP contribution in [-0.2, 0) is 33.8 Å². The zero-order chi connectivity index (χ0) is 23.9. The number of rotatable bonds is 8. The number of nitrogens with one attached hydrogen (secondary N) is 1. The van der Waals surface area contributed by atoms with Crippen LogP contribution in [0.15, 0.2) is 72.8 Å². The summed E-state index contributed by atoms with van der Waals surface area (Å²) in [6, 6.07) is 22.8. The fraction of sp³-hybridized carbons (Fsp3) is 0.259. The molecule has 1 heterocycles. The third-order valence-electron chi connectivity index (χ3n) is 5.88. The Labute approximate surface area is 199 Å². The van der Waals surface area contributed by atoms with Gasteiger partial charge in [0.1, 0.15) is 11.5 Å². The van der Waals surface area contributed by atoms with E-state index in [-0.39, 0.29) is 18.6 Å². The summed E-state index contributed by atoms with van der Waals surface area (Å²) in [5.41, 5.74) is 4.02. The number of methoxy groups -OCH3 is 2. The Morgan fingerprint density at radius 1 is 0.941 bits per heavy atom. The Bertz CT molecular complexity index is 1130. The van der Waals surface area contributed by atoms with E-state index in [4.69, 9.17) is 9.47 Å². The van der Waals surface area contributed by atoms with Crippen molar-refractivity contribution in [1.82, 2.24) is 4.90 Å². The van der Waals surface area contributed by atoms with Gasteiger partial charge in [-0.25, -0.2) is 4.79 Å². The smallest absolute Gasteiger partial charge is 0.343 e. The van der Waals surface area contributed by atoms with Gasteiger partial charge in [0.05, 0.1) is 20.3 Å². The average molecular weight is 461 g/mol. The molecule has 7 nitrogen and oxygen atoms in total. The first-order valence-corrected chi connectivity index (χ1v) is 11.1. The first-order chi connectivity index (χ1) is 16.6. The SMILES string of the molecule is COC(=O)COc1ccc2c(c1)CN(Cc1ccccc1)[C@H](C(=O)Nc1ccc(OC)cc1)C2. The Balaban J connectivity index is 1.55. The standard InChI is InChI=1S/C27H28N2O5/c1-32-23-12-9-22(10-13-23)28-27(31)25-15-20-8-11-24(34-18-26(30)33-2)14-21(20)17-29(25)16-19-6-4-3-5-7-19/h3-14,25H,15-18H2,1-2H3,(H,28,31)/t25-/m0/s1. The van der Waals surface area contributed by atoms with Crippen LogP contribution in [-0.4, -0.2) is 43.6 Å². The molecule has 34 heavy (non-hydrogen) atoms. The third kappa shape index (κ3) is 5.74. The van der Waals surface area contributed by atoms with Gasteiger partial charge in [-0.15, -0.1) is 0 Å². The topological polar surface area (TPSA) is 77.1 Å². The minimum absolute atomic E-state index is 0.0576. The van der Waals surface area contributed by atoms with Crippen LogP contribution in [0.4, 0.5) is 5.69 Å². The van der Waals surface area contributed by atoms with Crippen molar-refractivity contribution in [2.24, 2.45) is 0 Å². The molecule has 1 aliphatic rings. The number of amides is 1. The number of anilines is 1. The van der Waals surface area contributed by atoms with E-state index < -0.39 is 5.97 Å². The summed E-state index contributed by atoms with van der Waals surface area (Å²) in [6.07, 6.45) is 0.571. The fourth-order valence-electron chi connectivity index (χ4n) is 4.05. The molecule has 0 aromatic heterocycles. The lowest BCUT2D eigenvalue weighted by molar-refractivity contribution is -0.142. The molecule has 4 rings (SSSR count). The molecule has 1 aliphatic heterocycles. The largest absolute Gasteiger partial charge is 0.497 e. The van der Waals surface area contributed by atoms with Crippen molar-refractivity contribution in [3.8, 4) is 11.5 Å². The molecule has 176 valence electrons. The predicted octanol–water partition coefficient (Wildman–Crippen LogP) is 3.81. The second-order valence-corrected chi connectivity index (χ2v) is 8.12. The van der Waals surface area contributed by atoms with Gasteiger partial charge in [0.25, 0.3) is 0 Å². The Kier molecular flexibility index (Phi) is 7.44. The number of ether oxygens (including phenoxy) is 3. The van der Waals surface area contributed by atoms with Crippen molar-refractivity contribution in [3.63, 3.8) is 0 Å². The average Bonchev–Trinajstić information content (AvgIpc) is 2.87. The molecule has 0 aliphatic carbocycles. The van der Waals surface area contributed by atoms with Gasteiger partial charge in [0.2, 0.25) is 5.91 Å². The van der Waals surface area contributed by atoms with Gasteiger partial charge in [-0.3, -0.25) is 9.69 Å². The van der Waals surface area contributed by atoms with Gasteiger partial charge in [-0.2, -0.15) is 0 Å². The molecule has 0 saturated carbocycles. The van der Waals surface area contributed by atoms with E-state index in [1.54, 1.807) is 7.11 Å². The summed E-state index contributed by atoms with van der Waals surface area (Å²) in [5, 5.41) is 3.05. The molecule has 0 radical (unpaired) electrons. The number of esters is 1. The van der Waals surface area contributed by atoms with Crippen molar-refractivity contribution in [1.29, 1.82) is 0 Å². The van der Waals surface area contributed by atoms with E-state index in [2.05, 4.69) is 27.1 Å². The molecular formula is C27H28N2O5. The van der Waals surface area contributed by atoms with Crippen LogP contribution in [0, 0.1) is 0 Å². The highest BCUT2D eigenvalue weighted by atomic mass is 16.6. The molecule has 0 bridgehead atoms. The lowest BCUT2D eigenvalue weighted by Gasteiger charge is -2.36. The summed E-state index contributed by atoms with van der Waals surface area (Å²) >= 11 is 0. The molecule has 0 unspecified atom stereocenters. The van der Waals surface area contributed by atoms with Crippen molar-refractivity contribution < 1.29 is 23.8 Å². The molecule has 3 aromatic carbocycles. The number of nitrogens with zero attached hydrogens (tertiary/aromatic N) is 1. The number of fused-ring (bicyclic) bond motifs is 1. The van der Waals surface area contributed by atoms with Crippen LogP contribution >= 0.6 is 0 Å². The van der Waals surface area contributed by atoms with Crippen LogP contribution in [0.3, 0.4) is 0 Å². The monoisotopic (exact) mass is 460 g/mol. The van der Waals surface area contributed by atoms with Crippen LogP contribution in [0.1, 0.15) is 16.7 Å². The highest BCUT2D eigenvalue weighted by molar-refractivity contribution is 5.95. The molecule has 1 N–H and O–H groups in total. The maximum atomic E-state index is 13.3. The predicted molar refractivity (Wildman–Crippen MR) is 129 cm³/mol. The summed E-state index contributed by atoms with van der Waals surface area (Å²) in [7, 11) is 2.94. The summed E-state index contributed by atoms with van der Waals surface area (Å²) in [5.74, 6) is 0.849. The van der Waals surface area contributed by atoms with Crippen molar-refractivity contribution in [2.75, 3.05) is 26.1 Å². The number of hydrogen-bond donors (Lipinski definition) is 1. The van der Waals surface area contributed by atoms with Crippen LogP contribution < -0.4 is 14.8 Å². The van der Waals surface area contributed by atoms with Gasteiger partial charge in [-0.1, -0.05) is 36.4 Å². The number of hydrogen-bond acceptors (Lipinski definition) is 6. The van der Waals surface area contributed by atoms with E-state index in [9.17, 15) is 9.59 Å². The summed E-state index contributed by atoms with van der Waals surface area (Å²) < 4.78 is 15.4. The first-order valence-electron chi connectivity index (χ1n) is 11.1. The van der Waals surface area contributed by atoms with Gasteiger partial charge in [0.15, 0.2) is 6.61 Å². The first kappa shape index (κ1) is 23.3. The van der Waals surface area contributed by atoms with Crippen molar-refractivity contribution in [3.05, 3.63) is 89.5 Å². The summed E-state index contributed by atoms with van der Waals surface area (Å²) in [6.45, 7) is 1.07. The Hall–Kier alpha value is -3.84. The molecule has 0 saturated heterocycles. The van der Waals surface area contributed by atoms with E-state index in [0.717, 1.165) is 28.1 Å². The highest BCUT2D eigenvalue weighted by Gasteiger charge is 2.32. The second kappa shape index (κ2) is 10.9. The number of carbonyl (C=O) groups excluding carboxylic acids is 2. The van der Waals surface area contributed by atoms with Crippen LogP contribution in [0.2, 0.25) is 0 Å². The molecule has 1 amide bonds. The van der Waals surface area contributed by atoms with Gasteiger partial charge in [-0.05, 0) is 59.5 Å². The zero-order valence-corrected chi connectivity index (χ0v) is 19.3. The number of benzene rings is 3. The van der Waals surface area contributed by atoms with E-state index in [0.29, 0.717) is 25.3 Å². The second-order valence-electron chi connectivity index (χ2n) is 8.12. The lowest BCUT2D eigenvalue weighted by Crippen LogP contribution is -2.47. The maximum absolute atomic E-state index is 13.3. The normalized spacial score (nSPS) is 15.2. The highest BCUT2D eigenvalue weighted by Crippen LogP contribution is 2.29. The Morgan fingerprint density at radius 3 is 2.38 bits per heavy atom. The van der Waals surface area contributed by atoms with Crippen molar-refractivity contribution >= 4 is 17.6 Å². The van der Waals surface area contributed by atoms with Gasteiger partial charge >= 0.3 is 5.97 Å². The van der Waals surface area contributed by atoms with Crippen molar-refractivity contribution in [2.45, 2.75) is 25.6 Å². The molecule has 0 fully saturated rings. The zero-order valence-electron chi connectivity index (χ0n) is 19.3. The lowest BCUT2D eigenvalue weighted by atomic mass is 9.92. The molecular weight excluding hydrogens is 432 g/mol.